The molecule has 0 saturated carbocycles. The van der Waals surface area contributed by atoms with Gasteiger partial charge in [-0.3, -0.25) is 0 Å². The van der Waals surface area contributed by atoms with Crippen LogP contribution in [0.3, 0.4) is 0 Å². The van der Waals surface area contributed by atoms with Gasteiger partial charge in [0.25, 0.3) is 0 Å². The molecule has 0 aliphatic carbocycles. The molecule has 0 aliphatic heterocycles. The Bertz CT molecular complexity index is 555. The molecule has 2 aromatic rings. The van der Waals surface area contributed by atoms with Crippen molar-refractivity contribution in [2.24, 2.45) is 5.73 Å². The van der Waals surface area contributed by atoms with Crippen molar-refractivity contribution < 1.29 is 9.13 Å². The van der Waals surface area contributed by atoms with Gasteiger partial charge in [0.05, 0.1) is 5.02 Å². The fourth-order valence-corrected chi connectivity index (χ4v) is 2.03. The molecule has 0 saturated heterocycles. The zero-order valence-electron chi connectivity index (χ0n) is 10.6. The van der Waals surface area contributed by atoms with Gasteiger partial charge in [-0.1, -0.05) is 23.7 Å². The Kier molecular flexibility index (Phi) is 4.40. The highest BCUT2D eigenvalue weighted by Gasteiger charge is 2.11. The first-order chi connectivity index (χ1) is 9.06. The fourth-order valence-electron chi connectivity index (χ4n) is 1.80. The van der Waals surface area contributed by atoms with Crippen LogP contribution < -0.4 is 10.5 Å². The van der Waals surface area contributed by atoms with E-state index in [0.717, 1.165) is 5.56 Å². The highest BCUT2D eigenvalue weighted by molar-refractivity contribution is 6.32. The summed E-state index contributed by atoms with van der Waals surface area (Å²) in [7, 11) is 0. The zero-order chi connectivity index (χ0) is 13.8. The number of benzene rings is 2. The van der Waals surface area contributed by atoms with E-state index < -0.39 is 0 Å². The molecule has 100 valence electrons. The Morgan fingerprint density at radius 3 is 2.53 bits per heavy atom. The van der Waals surface area contributed by atoms with Gasteiger partial charge in [-0.15, -0.1) is 0 Å². The van der Waals surface area contributed by atoms with Gasteiger partial charge in [-0.2, -0.15) is 0 Å². The van der Waals surface area contributed by atoms with Gasteiger partial charge >= 0.3 is 0 Å². The van der Waals surface area contributed by atoms with Crippen molar-refractivity contribution in [3.63, 3.8) is 0 Å². The Balaban J connectivity index is 2.30. The van der Waals surface area contributed by atoms with Crippen molar-refractivity contribution >= 4 is 11.6 Å². The first kappa shape index (κ1) is 13.8. The minimum absolute atomic E-state index is 0.00837. The maximum atomic E-state index is 12.9. The normalized spacial score (nSPS) is 12.2. The number of ether oxygens (including phenoxy) is 1. The molecule has 0 bridgehead atoms. The molecule has 2 nitrogen and oxygen atoms in total. The molecule has 0 amide bonds. The van der Waals surface area contributed by atoms with Crippen molar-refractivity contribution in [2.75, 3.05) is 0 Å². The summed E-state index contributed by atoms with van der Waals surface area (Å²) in [4.78, 5) is 0. The van der Waals surface area contributed by atoms with E-state index in [1.54, 1.807) is 18.2 Å². The standard InChI is InChI=1S/C15H15ClFNO/c1-10(18)9-11-3-2-4-14(16)15(11)19-13-7-5-12(17)6-8-13/h2-8,10H,9,18H2,1H3. The predicted molar refractivity (Wildman–Crippen MR) is 75.3 cm³/mol. The van der Waals surface area contributed by atoms with Crippen molar-refractivity contribution in [2.45, 2.75) is 19.4 Å². The summed E-state index contributed by atoms with van der Waals surface area (Å²) < 4.78 is 18.6. The highest BCUT2D eigenvalue weighted by atomic mass is 35.5. The molecule has 0 radical (unpaired) electrons. The molecule has 19 heavy (non-hydrogen) atoms. The van der Waals surface area contributed by atoms with Gasteiger partial charge in [0.2, 0.25) is 0 Å². The third-order valence-corrected chi connectivity index (χ3v) is 2.92. The Morgan fingerprint density at radius 1 is 1.21 bits per heavy atom. The Morgan fingerprint density at radius 2 is 1.89 bits per heavy atom. The molecule has 2 aromatic carbocycles. The van der Waals surface area contributed by atoms with E-state index in [1.165, 1.54) is 12.1 Å². The maximum Gasteiger partial charge on any atom is 0.149 e. The highest BCUT2D eigenvalue weighted by Crippen LogP contribution is 2.33. The Hall–Kier alpha value is -1.58. The van der Waals surface area contributed by atoms with Crippen molar-refractivity contribution in [1.82, 2.24) is 0 Å². The van der Waals surface area contributed by atoms with Crippen LogP contribution in [-0.2, 0) is 6.42 Å². The van der Waals surface area contributed by atoms with E-state index in [9.17, 15) is 4.39 Å². The Labute approximate surface area is 117 Å². The molecular formula is C15H15ClFNO. The summed E-state index contributed by atoms with van der Waals surface area (Å²) in [6.45, 7) is 1.92. The molecule has 0 aliphatic rings. The number of rotatable bonds is 4. The lowest BCUT2D eigenvalue weighted by Gasteiger charge is -2.14. The SMILES string of the molecule is CC(N)Cc1cccc(Cl)c1Oc1ccc(F)cc1. The van der Waals surface area contributed by atoms with Gasteiger partial charge in [0.1, 0.15) is 17.3 Å². The number of hydrogen-bond acceptors (Lipinski definition) is 2. The molecule has 0 spiro atoms. The first-order valence-electron chi connectivity index (χ1n) is 6.02. The van der Waals surface area contributed by atoms with Gasteiger partial charge in [0.15, 0.2) is 0 Å². The van der Waals surface area contributed by atoms with Crippen LogP contribution in [0.2, 0.25) is 5.02 Å². The molecule has 0 heterocycles. The van der Waals surface area contributed by atoms with Crippen LogP contribution >= 0.6 is 11.6 Å². The van der Waals surface area contributed by atoms with E-state index in [4.69, 9.17) is 22.1 Å². The number of hydrogen-bond donors (Lipinski definition) is 1. The van der Waals surface area contributed by atoms with E-state index in [0.29, 0.717) is 22.9 Å². The van der Waals surface area contributed by atoms with Crippen molar-refractivity contribution in [3.05, 3.63) is 58.9 Å². The quantitative estimate of drug-likeness (QED) is 0.912. The van der Waals surface area contributed by atoms with Crippen LogP contribution in [0.5, 0.6) is 11.5 Å². The summed E-state index contributed by atoms with van der Waals surface area (Å²) in [6.07, 6.45) is 0.664. The van der Waals surface area contributed by atoms with Crippen LogP contribution in [-0.4, -0.2) is 6.04 Å². The minimum atomic E-state index is -0.303. The molecular weight excluding hydrogens is 265 g/mol. The van der Waals surface area contributed by atoms with Gasteiger partial charge in [-0.05, 0) is 49.2 Å². The summed E-state index contributed by atoms with van der Waals surface area (Å²) in [6, 6.07) is 11.4. The second-order valence-corrected chi connectivity index (χ2v) is 4.87. The minimum Gasteiger partial charge on any atom is -0.456 e. The second-order valence-electron chi connectivity index (χ2n) is 4.47. The lowest BCUT2D eigenvalue weighted by molar-refractivity contribution is 0.472. The average Bonchev–Trinajstić information content (AvgIpc) is 2.35. The number of para-hydroxylation sites is 1. The third kappa shape index (κ3) is 3.69. The fraction of sp³-hybridized carbons (Fsp3) is 0.200. The van der Waals surface area contributed by atoms with E-state index >= 15 is 0 Å². The molecule has 2 rings (SSSR count). The molecule has 0 aromatic heterocycles. The van der Waals surface area contributed by atoms with Gasteiger partial charge in [-0.25, -0.2) is 4.39 Å². The topological polar surface area (TPSA) is 35.2 Å². The summed E-state index contributed by atoms with van der Waals surface area (Å²) >= 11 is 6.15. The largest absolute Gasteiger partial charge is 0.456 e. The van der Waals surface area contributed by atoms with Crippen molar-refractivity contribution in [3.8, 4) is 11.5 Å². The van der Waals surface area contributed by atoms with Crippen LogP contribution in [0.15, 0.2) is 42.5 Å². The number of halogens is 2. The summed E-state index contributed by atoms with van der Waals surface area (Å²) in [5.41, 5.74) is 6.75. The molecule has 1 unspecified atom stereocenters. The van der Waals surface area contributed by atoms with Crippen LogP contribution in [0, 0.1) is 5.82 Å². The molecule has 2 N–H and O–H groups in total. The maximum absolute atomic E-state index is 12.9. The molecule has 1 atom stereocenters. The zero-order valence-corrected chi connectivity index (χ0v) is 11.3. The van der Waals surface area contributed by atoms with E-state index in [-0.39, 0.29) is 11.9 Å². The van der Waals surface area contributed by atoms with Crippen LogP contribution in [0.1, 0.15) is 12.5 Å². The smallest absolute Gasteiger partial charge is 0.149 e. The summed E-state index contributed by atoms with van der Waals surface area (Å²) in [5, 5.41) is 0.516. The van der Waals surface area contributed by atoms with Crippen LogP contribution in [0.4, 0.5) is 4.39 Å². The van der Waals surface area contributed by atoms with Gasteiger partial charge < -0.3 is 10.5 Å². The van der Waals surface area contributed by atoms with E-state index in [2.05, 4.69) is 0 Å². The average molecular weight is 280 g/mol. The van der Waals surface area contributed by atoms with Gasteiger partial charge in [0, 0.05) is 6.04 Å². The third-order valence-electron chi connectivity index (χ3n) is 2.62. The molecule has 0 fully saturated rings. The second kappa shape index (κ2) is 6.04. The lowest BCUT2D eigenvalue weighted by Crippen LogP contribution is -2.18. The summed E-state index contributed by atoms with van der Waals surface area (Å²) in [5.74, 6) is 0.816. The lowest BCUT2D eigenvalue weighted by atomic mass is 10.1. The first-order valence-corrected chi connectivity index (χ1v) is 6.40. The monoisotopic (exact) mass is 279 g/mol. The van der Waals surface area contributed by atoms with E-state index in [1.807, 2.05) is 19.1 Å². The number of nitrogens with two attached hydrogens (primary N) is 1. The van der Waals surface area contributed by atoms with Crippen LogP contribution in [0.25, 0.3) is 0 Å². The predicted octanol–water partition coefficient (Wildman–Crippen LogP) is 4.16. The molecule has 4 heteroatoms. The van der Waals surface area contributed by atoms with Crippen molar-refractivity contribution in [1.29, 1.82) is 0 Å².